The number of aliphatic hydroxyl groups excluding tert-OH is 2. The summed E-state index contributed by atoms with van der Waals surface area (Å²) in [4.78, 5) is 7.12. The van der Waals surface area contributed by atoms with E-state index >= 15 is 0 Å². The topological polar surface area (TPSA) is 50.2 Å². The molecule has 5 heteroatoms. The van der Waals surface area contributed by atoms with Gasteiger partial charge in [0, 0.05) is 39.3 Å². The van der Waals surface area contributed by atoms with Gasteiger partial charge in [0.25, 0.3) is 0 Å². The van der Waals surface area contributed by atoms with Crippen LogP contribution in [0.2, 0.25) is 0 Å². The molecule has 2 rings (SSSR count). The van der Waals surface area contributed by atoms with Crippen LogP contribution in [0.15, 0.2) is 0 Å². The molecule has 2 saturated heterocycles. The van der Waals surface area contributed by atoms with E-state index in [4.69, 9.17) is 10.2 Å². The Bertz CT molecular complexity index is 249. The maximum absolute atomic E-state index is 8.75. The van der Waals surface area contributed by atoms with Crippen LogP contribution in [-0.2, 0) is 0 Å². The molecule has 23 heavy (non-hydrogen) atoms. The molecule has 0 aromatic carbocycles. The molecule has 2 fully saturated rings. The highest BCUT2D eigenvalue weighted by molar-refractivity contribution is 4.71. The molecular formula is C18H39N3O2. The molecule has 2 aliphatic rings. The number of hydrogen-bond acceptors (Lipinski definition) is 5. The van der Waals surface area contributed by atoms with E-state index < -0.39 is 0 Å². The third-order valence-corrected chi connectivity index (χ3v) is 5.15. The van der Waals surface area contributed by atoms with Crippen LogP contribution in [0.3, 0.4) is 0 Å². The molecule has 0 unspecified atom stereocenters. The van der Waals surface area contributed by atoms with Crippen LogP contribution in [0, 0.1) is 5.92 Å². The van der Waals surface area contributed by atoms with Crippen LogP contribution >= 0.6 is 0 Å². The summed E-state index contributed by atoms with van der Waals surface area (Å²) in [6, 6.07) is 0. The summed E-state index contributed by atoms with van der Waals surface area (Å²) in [5, 5.41) is 17.4. The van der Waals surface area contributed by atoms with Crippen molar-refractivity contribution in [2.24, 2.45) is 5.92 Å². The minimum atomic E-state index is 0.298. The van der Waals surface area contributed by atoms with Gasteiger partial charge in [-0.3, -0.25) is 4.90 Å². The summed E-state index contributed by atoms with van der Waals surface area (Å²) < 4.78 is 0. The van der Waals surface area contributed by atoms with Gasteiger partial charge in [-0.05, 0) is 38.4 Å². The quantitative estimate of drug-likeness (QED) is 0.733. The van der Waals surface area contributed by atoms with Gasteiger partial charge < -0.3 is 20.0 Å². The zero-order chi connectivity index (χ0) is 16.9. The minimum absolute atomic E-state index is 0.298. The van der Waals surface area contributed by atoms with Crippen molar-refractivity contribution < 1.29 is 10.2 Å². The molecule has 0 aliphatic carbocycles. The first-order valence-corrected chi connectivity index (χ1v) is 9.62. The molecule has 0 aromatic heterocycles. The van der Waals surface area contributed by atoms with E-state index in [1.165, 1.54) is 38.8 Å². The fourth-order valence-electron chi connectivity index (χ4n) is 3.52. The Kier molecular flexibility index (Phi) is 11.9. The second-order valence-corrected chi connectivity index (χ2v) is 6.80. The van der Waals surface area contributed by atoms with Gasteiger partial charge in [-0.1, -0.05) is 26.7 Å². The van der Waals surface area contributed by atoms with Crippen molar-refractivity contribution in [1.29, 1.82) is 0 Å². The largest absolute Gasteiger partial charge is 0.395 e. The Hall–Kier alpha value is -0.200. The standard InChI is InChI=1S/C10H21NO.C8H18N2O/c1-2-3-10-4-6-11(7-5-10)8-9-12;1-2-9-3-5-10(6-4-9)7-8-11/h10,12H,2-9H2,1H3;11H,2-8H2,1H3. The molecule has 0 aromatic rings. The van der Waals surface area contributed by atoms with E-state index in [0.29, 0.717) is 13.2 Å². The highest BCUT2D eigenvalue weighted by Crippen LogP contribution is 2.21. The van der Waals surface area contributed by atoms with Gasteiger partial charge in [0.2, 0.25) is 0 Å². The van der Waals surface area contributed by atoms with Gasteiger partial charge in [-0.15, -0.1) is 0 Å². The molecule has 138 valence electrons. The predicted molar refractivity (Wildman–Crippen MR) is 96.8 cm³/mol. The van der Waals surface area contributed by atoms with E-state index in [9.17, 15) is 0 Å². The highest BCUT2D eigenvalue weighted by atomic mass is 16.3. The summed E-state index contributed by atoms with van der Waals surface area (Å²) in [7, 11) is 0. The Balaban J connectivity index is 0.000000231. The molecule has 0 spiro atoms. The average Bonchev–Trinajstić information content (AvgIpc) is 2.59. The number of piperazine rings is 1. The third kappa shape index (κ3) is 9.01. The lowest BCUT2D eigenvalue weighted by atomic mass is 9.92. The molecule has 2 aliphatic heterocycles. The lowest BCUT2D eigenvalue weighted by Crippen LogP contribution is -2.46. The van der Waals surface area contributed by atoms with Crippen molar-refractivity contribution >= 4 is 0 Å². The van der Waals surface area contributed by atoms with Gasteiger partial charge in [0.05, 0.1) is 13.2 Å². The SMILES string of the molecule is CCCC1CCN(CCO)CC1.CCN1CCN(CCO)CC1. The van der Waals surface area contributed by atoms with Crippen LogP contribution in [0.1, 0.15) is 39.5 Å². The van der Waals surface area contributed by atoms with Crippen LogP contribution in [0.4, 0.5) is 0 Å². The molecule has 0 atom stereocenters. The number of likely N-dealkylation sites (N-methyl/N-ethyl adjacent to an activating group) is 1. The summed E-state index contributed by atoms with van der Waals surface area (Å²) in [6.45, 7) is 14.9. The van der Waals surface area contributed by atoms with Crippen LogP contribution in [0.5, 0.6) is 0 Å². The number of piperidine rings is 1. The number of rotatable bonds is 7. The summed E-state index contributed by atoms with van der Waals surface area (Å²) >= 11 is 0. The smallest absolute Gasteiger partial charge is 0.0558 e. The van der Waals surface area contributed by atoms with Crippen molar-refractivity contribution in [1.82, 2.24) is 14.7 Å². The second-order valence-electron chi connectivity index (χ2n) is 6.80. The Morgan fingerprint density at radius 3 is 1.65 bits per heavy atom. The van der Waals surface area contributed by atoms with Gasteiger partial charge in [0.1, 0.15) is 0 Å². The first-order chi connectivity index (χ1) is 11.2. The fraction of sp³-hybridized carbons (Fsp3) is 1.00. The average molecular weight is 330 g/mol. The number of hydrogen-bond donors (Lipinski definition) is 2. The number of likely N-dealkylation sites (tertiary alicyclic amines) is 1. The Morgan fingerprint density at radius 1 is 0.739 bits per heavy atom. The number of nitrogens with zero attached hydrogens (tertiary/aromatic N) is 3. The molecule has 0 radical (unpaired) electrons. The van der Waals surface area contributed by atoms with E-state index in [2.05, 4.69) is 28.5 Å². The van der Waals surface area contributed by atoms with E-state index in [1.54, 1.807) is 0 Å². The van der Waals surface area contributed by atoms with Crippen LogP contribution in [0.25, 0.3) is 0 Å². The normalized spacial score (nSPS) is 21.9. The van der Waals surface area contributed by atoms with Crippen molar-refractivity contribution in [3.05, 3.63) is 0 Å². The zero-order valence-corrected chi connectivity index (χ0v) is 15.4. The summed E-state index contributed by atoms with van der Waals surface area (Å²) in [6.07, 6.45) is 5.40. The first-order valence-electron chi connectivity index (χ1n) is 9.62. The maximum atomic E-state index is 8.75. The van der Waals surface area contributed by atoms with E-state index in [1.807, 2.05) is 0 Å². The monoisotopic (exact) mass is 329 g/mol. The van der Waals surface area contributed by atoms with Gasteiger partial charge in [0.15, 0.2) is 0 Å². The Labute approximate surface area is 143 Å². The maximum Gasteiger partial charge on any atom is 0.0558 e. The lowest BCUT2D eigenvalue weighted by Gasteiger charge is -2.33. The summed E-state index contributed by atoms with van der Waals surface area (Å²) in [5.41, 5.74) is 0. The zero-order valence-electron chi connectivity index (χ0n) is 15.4. The summed E-state index contributed by atoms with van der Waals surface area (Å²) in [5.74, 6) is 0.963. The predicted octanol–water partition coefficient (Wildman–Crippen LogP) is 1.11. The molecule has 2 heterocycles. The minimum Gasteiger partial charge on any atom is -0.395 e. The van der Waals surface area contributed by atoms with Crippen molar-refractivity contribution in [3.63, 3.8) is 0 Å². The van der Waals surface area contributed by atoms with Gasteiger partial charge in [-0.25, -0.2) is 0 Å². The van der Waals surface area contributed by atoms with Gasteiger partial charge >= 0.3 is 0 Å². The molecular weight excluding hydrogens is 290 g/mol. The van der Waals surface area contributed by atoms with Crippen molar-refractivity contribution in [2.75, 3.05) is 72.1 Å². The van der Waals surface area contributed by atoms with Crippen LogP contribution in [-0.4, -0.2) is 97.0 Å². The molecule has 2 N–H and O–H groups in total. The highest BCUT2D eigenvalue weighted by Gasteiger charge is 2.17. The van der Waals surface area contributed by atoms with Gasteiger partial charge in [-0.2, -0.15) is 0 Å². The fourth-order valence-corrected chi connectivity index (χ4v) is 3.52. The van der Waals surface area contributed by atoms with Crippen molar-refractivity contribution in [3.8, 4) is 0 Å². The third-order valence-electron chi connectivity index (χ3n) is 5.15. The molecule has 0 bridgehead atoms. The van der Waals surface area contributed by atoms with Crippen LogP contribution < -0.4 is 0 Å². The first kappa shape index (κ1) is 20.8. The number of aliphatic hydroxyl groups is 2. The van der Waals surface area contributed by atoms with E-state index in [0.717, 1.165) is 51.7 Å². The number of β-amino-alcohol motifs (C(OH)–C–C–N with tert-alkyl or cyclic N) is 2. The lowest BCUT2D eigenvalue weighted by molar-refractivity contribution is 0.116. The molecule has 0 amide bonds. The second kappa shape index (κ2) is 13.1. The Morgan fingerprint density at radius 2 is 1.22 bits per heavy atom. The molecule has 5 nitrogen and oxygen atoms in total. The molecule has 0 saturated carbocycles. The van der Waals surface area contributed by atoms with Crippen molar-refractivity contribution in [2.45, 2.75) is 39.5 Å². The van der Waals surface area contributed by atoms with E-state index in [-0.39, 0.29) is 0 Å².